The Hall–Kier alpha value is -2.34. The Labute approximate surface area is 155 Å². The number of sulfone groups is 1. The molecule has 6 heteroatoms. The quantitative estimate of drug-likeness (QED) is 0.805. The van der Waals surface area contributed by atoms with E-state index in [0.29, 0.717) is 12.2 Å². The normalized spacial score (nSPS) is 12.5. The Morgan fingerprint density at radius 2 is 1.65 bits per heavy atom. The standard InChI is InChI=1S/C20H25NO4S/c1-5-19(16-6-8-18(9-7-16)26(4,23)24)21-20(22)13-25-17-11-14(2)10-15(3)12-17/h6-12,19H,5,13H2,1-4H3,(H,21,22). The van der Waals surface area contributed by atoms with Crippen molar-refractivity contribution in [2.45, 2.75) is 38.1 Å². The molecule has 0 spiro atoms. The first-order valence-electron chi connectivity index (χ1n) is 8.49. The molecule has 0 saturated carbocycles. The first-order chi connectivity index (χ1) is 12.2. The van der Waals surface area contributed by atoms with Gasteiger partial charge in [-0.15, -0.1) is 0 Å². The van der Waals surface area contributed by atoms with Crippen LogP contribution in [0.2, 0.25) is 0 Å². The highest BCUT2D eigenvalue weighted by atomic mass is 32.2. The van der Waals surface area contributed by atoms with Crippen molar-refractivity contribution in [3.05, 3.63) is 59.2 Å². The number of amides is 1. The van der Waals surface area contributed by atoms with E-state index in [-0.39, 0.29) is 23.5 Å². The lowest BCUT2D eigenvalue weighted by molar-refractivity contribution is -0.123. The van der Waals surface area contributed by atoms with E-state index in [1.54, 1.807) is 24.3 Å². The van der Waals surface area contributed by atoms with Gasteiger partial charge >= 0.3 is 0 Å². The molecule has 0 radical (unpaired) electrons. The number of benzene rings is 2. The van der Waals surface area contributed by atoms with E-state index < -0.39 is 9.84 Å². The van der Waals surface area contributed by atoms with Crippen LogP contribution in [0.3, 0.4) is 0 Å². The molecule has 1 atom stereocenters. The predicted octanol–water partition coefficient (Wildman–Crippen LogP) is 3.35. The van der Waals surface area contributed by atoms with Crippen molar-refractivity contribution in [1.82, 2.24) is 5.32 Å². The molecule has 0 aromatic heterocycles. The molecular weight excluding hydrogens is 350 g/mol. The second-order valence-electron chi connectivity index (χ2n) is 6.48. The summed E-state index contributed by atoms with van der Waals surface area (Å²) in [5.74, 6) is 0.450. The highest BCUT2D eigenvalue weighted by Crippen LogP contribution is 2.20. The third-order valence-electron chi connectivity index (χ3n) is 4.02. The maximum absolute atomic E-state index is 12.2. The lowest BCUT2D eigenvalue weighted by atomic mass is 10.0. The van der Waals surface area contributed by atoms with Crippen LogP contribution in [0.25, 0.3) is 0 Å². The number of ether oxygens (including phenoxy) is 1. The molecule has 2 aromatic carbocycles. The predicted molar refractivity (Wildman–Crippen MR) is 102 cm³/mol. The maximum Gasteiger partial charge on any atom is 0.258 e. The van der Waals surface area contributed by atoms with E-state index in [4.69, 9.17) is 4.74 Å². The number of carbonyl (C=O) groups excluding carboxylic acids is 1. The fourth-order valence-electron chi connectivity index (χ4n) is 2.77. The number of aryl methyl sites for hydroxylation is 2. The van der Waals surface area contributed by atoms with Gasteiger partial charge < -0.3 is 10.1 Å². The third kappa shape index (κ3) is 5.59. The fourth-order valence-corrected chi connectivity index (χ4v) is 3.40. The Bertz CT molecular complexity index is 853. The zero-order valence-corrected chi connectivity index (χ0v) is 16.4. The molecule has 2 aromatic rings. The topological polar surface area (TPSA) is 72.5 Å². The Kier molecular flexibility index (Phi) is 6.42. The van der Waals surface area contributed by atoms with Crippen molar-refractivity contribution in [3.8, 4) is 5.75 Å². The van der Waals surface area contributed by atoms with E-state index in [0.717, 1.165) is 16.7 Å². The van der Waals surface area contributed by atoms with Gasteiger partial charge in [-0.05, 0) is 61.2 Å². The van der Waals surface area contributed by atoms with Gasteiger partial charge in [0.1, 0.15) is 5.75 Å². The van der Waals surface area contributed by atoms with E-state index in [9.17, 15) is 13.2 Å². The van der Waals surface area contributed by atoms with Crippen LogP contribution in [0.15, 0.2) is 47.4 Å². The Balaban J connectivity index is 1.99. The molecule has 1 amide bonds. The average molecular weight is 375 g/mol. The van der Waals surface area contributed by atoms with Crippen molar-refractivity contribution in [1.29, 1.82) is 0 Å². The summed E-state index contributed by atoms with van der Waals surface area (Å²) in [6.07, 6.45) is 1.86. The van der Waals surface area contributed by atoms with Crippen LogP contribution in [0, 0.1) is 13.8 Å². The fraction of sp³-hybridized carbons (Fsp3) is 0.350. The number of hydrogen-bond donors (Lipinski definition) is 1. The number of carbonyl (C=O) groups is 1. The molecule has 0 aliphatic rings. The molecule has 1 N–H and O–H groups in total. The highest BCUT2D eigenvalue weighted by Gasteiger charge is 2.15. The van der Waals surface area contributed by atoms with Crippen LogP contribution in [-0.2, 0) is 14.6 Å². The molecule has 0 aliphatic carbocycles. The first-order valence-corrected chi connectivity index (χ1v) is 10.4. The van der Waals surface area contributed by atoms with Gasteiger partial charge in [-0.3, -0.25) is 4.79 Å². The van der Waals surface area contributed by atoms with Gasteiger partial charge in [-0.25, -0.2) is 8.42 Å². The lowest BCUT2D eigenvalue weighted by Gasteiger charge is -2.18. The van der Waals surface area contributed by atoms with Crippen LogP contribution in [0.5, 0.6) is 5.75 Å². The minimum Gasteiger partial charge on any atom is -0.484 e. The minimum atomic E-state index is -3.23. The second-order valence-corrected chi connectivity index (χ2v) is 8.50. The summed E-state index contributed by atoms with van der Waals surface area (Å²) < 4.78 is 28.7. The lowest BCUT2D eigenvalue weighted by Crippen LogP contribution is -2.32. The van der Waals surface area contributed by atoms with Crippen molar-refractivity contribution < 1.29 is 17.9 Å². The minimum absolute atomic E-state index is 0.0686. The van der Waals surface area contributed by atoms with Crippen LogP contribution in [0.1, 0.15) is 36.1 Å². The SMILES string of the molecule is CCC(NC(=O)COc1cc(C)cc(C)c1)c1ccc(S(C)(=O)=O)cc1. The monoisotopic (exact) mass is 375 g/mol. The van der Waals surface area contributed by atoms with Gasteiger partial charge in [0, 0.05) is 6.26 Å². The summed E-state index contributed by atoms with van der Waals surface area (Å²) in [5, 5.41) is 2.93. The van der Waals surface area contributed by atoms with Crippen molar-refractivity contribution in [3.63, 3.8) is 0 Å². The zero-order chi connectivity index (χ0) is 19.3. The smallest absolute Gasteiger partial charge is 0.258 e. The van der Waals surface area contributed by atoms with Crippen LogP contribution in [0.4, 0.5) is 0 Å². The van der Waals surface area contributed by atoms with Crippen LogP contribution >= 0.6 is 0 Å². The largest absolute Gasteiger partial charge is 0.484 e. The summed E-state index contributed by atoms with van der Waals surface area (Å²) in [6, 6.07) is 12.2. The van der Waals surface area contributed by atoms with Gasteiger partial charge in [-0.2, -0.15) is 0 Å². The molecule has 26 heavy (non-hydrogen) atoms. The zero-order valence-electron chi connectivity index (χ0n) is 15.6. The molecule has 140 valence electrons. The molecule has 2 rings (SSSR count). The second kappa shape index (κ2) is 8.36. The van der Waals surface area contributed by atoms with Crippen molar-refractivity contribution >= 4 is 15.7 Å². The van der Waals surface area contributed by atoms with Gasteiger partial charge in [0.15, 0.2) is 16.4 Å². The molecule has 0 fully saturated rings. The summed E-state index contributed by atoms with van der Waals surface area (Å²) in [7, 11) is -3.23. The molecule has 0 heterocycles. The van der Waals surface area contributed by atoms with Crippen LogP contribution in [-0.4, -0.2) is 27.2 Å². The van der Waals surface area contributed by atoms with Crippen LogP contribution < -0.4 is 10.1 Å². The number of rotatable bonds is 7. The van der Waals surface area contributed by atoms with Gasteiger partial charge in [0.05, 0.1) is 10.9 Å². The molecule has 0 bridgehead atoms. The molecule has 1 unspecified atom stereocenters. The van der Waals surface area contributed by atoms with E-state index in [1.807, 2.05) is 39.0 Å². The maximum atomic E-state index is 12.2. The molecule has 0 aliphatic heterocycles. The van der Waals surface area contributed by atoms with Gasteiger partial charge in [-0.1, -0.05) is 25.1 Å². The average Bonchev–Trinajstić information content (AvgIpc) is 2.56. The summed E-state index contributed by atoms with van der Waals surface area (Å²) in [6.45, 7) is 5.85. The molecule has 0 saturated heterocycles. The van der Waals surface area contributed by atoms with Gasteiger partial charge in [0.25, 0.3) is 5.91 Å². The Morgan fingerprint density at radius 3 is 2.15 bits per heavy atom. The number of nitrogens with one attached hydrogen (secondary N) is 1. The molecule has 5 nitrogen and oxygen atoms in total. The first kappa shape index (κ1) is 20.0. The number of hydrogen-bond acceptors (Lipinski definition) is 4. The van der Waals surface area contributed by atoms with E-state index in [2.05, 4.69) is 5.32 Å². The van der Waals surface area contributed by atoms with Crippen molar-refractivity contribution in [2.24, 2.45) is 0 Å². The summed E-state index contributed by atoms with van der Waals surface area (Å²) in [5.41, 5.74) is 3.02. The van der Waals surface area contributed by atoms with E-state index >= 15 is 0 Å². The van der Waals surface area contributed by atoms with Crippen molar-refractivity contribution in [2.75, 3.05) is 12.9 Å². The highest BCUT2D eigenvalue weighted by molar-refractivity contribution is 7.90. The third-order valence-corrected chi connectivity index (χ3v) is 5.15. The molecular formula is C20H25NO4S. The Morgan fingerprint density at radius 1 is 1.08 bits per heavy atom. The van der Waals surface area contributed by atoms with Gasteiger partial charge in [0.2, 0.25) is 0 Å². The van der Waals surface area contributed by atoms with E-state index in [1.165, 1.54) is 6.26 Å². The summed E-state index contributed by atoms with van der Waals surface area (Å²) in [4.78, 5) is 12.5. The summed E-state index contributed by atoms with van der Waals surface area (Å²) >= 11 is 0.